The van der Waals surface area contributed by atoms with Gasteiger partial charge in [0.15, 0.2) is 5.13 Å². The highest BCUT2D eigenvalue weighted by atomic mass is 35.5. The Bertz CT molecular complexity index is 664. The van der Waals surface area contributed by atoms with Gasteiger partial charge < -0.3 is 9.80 Å². The Hall–Kier alpha value is -1.33. The third kappa shape index (κ3) is 2.99. The number of nitrogens with zero attached hydrogens (tertiary/aromatic N) is 3. The second-order valence-corrected chi connectivity index (χ2v) is 6.90. The fourth-order valence-electron chi connectivity index (χ4n) is 2.72. The maximum absolute atomic E-state index is 11.4. The summed E-state index contributed by atoms with van der Waals surface area (Å²) in [5, 5.41) is 1.80. The first kappa shape index (κ1) is 14.6. The minimum Gasteiger partial charge on any atom is -0.348 e. The van der Waals surface area contributed by atoms with E-state index in [1.807, 2.05) is 30.1 Å². The number of benzene rings is 1. The van der Waals surface area contributed by atoms with Gasteiger partial charge in [0.25, 0.3) is 0 Å². The van der Waals surface area contributed by atoms with E-state index < -0.39 is 0 Å². The van der Waals surface area contributed by atoms with E-state index in [-0.39, 0.29) is 5.91 Å². The molecule has 3 rings (SSSR count). The van der Waals surface area contributed by atoms with Crippen molar-refractivity contribution in [1.29, 1.82) is 0 Å². The van der Waals surface area contributed by atoms with Crippen LogP contribution in [0.2, 0.25) is 5.02 Å². The number of rotatable bonds is 2. The summed E-state index contributed by atoms with van der Waals surface area (Å²) in [7, 11) is 1.89. The van der Waals surface area contributed by atoms with Crippen molar-refractivity contribution in [1.82, 2.24) is 9.88 Å². The molecule has 0 spiro atoms. The molecule has 1 aliphatic rings. The average Bonchev–Trinajstić information content (AvgIpc) is 2.89. The Kier molecular flexibility index (Phi) is 4.04. The first-order valence-corrected chi connectivity index (χ1v) is 8.28. The van der Waals surface area contributed by atoms with Gasteiger partial charge in [0.1, 0.15) is 0 Å². The molecular formula is C15H18ClN3OS. The van der Waals surface area contributed by atoms with Gasteiger partial charge in [-0.3, -0.25) is 4.79 Å². The van der Waals surface area contributed by atoms with Crippen LogP contribution < -0.4 is 4.90 Å². The second kappa shape index (κ2) is 5.81. The van der Waals surface area contributed by atoms with Crippen molar-refractivity contribution >= 4 is 44.2 Å². The molecular weight excluding hydrogens is 306 g/mol. The summed E-state index contributed by atoms with van der Waals surface area (Å²) in [6.45, 7) is 3.51. The van der Waals surface area contributed by atoms with E-state index in [2.05, 4.69) is 9.88 Å². The van der Waals surface area contributed by atoms with Gasteiger partial charge in [-0.2, -0.15) is 0 Å². The number of aromatic nitrogens is 1. The summed E-state index contributed by atoms with van der Waals surface area (Å²) in [6, 6.07) is 6.16. The number of hydrogen-bond acceptors (Lipinski definition) is 4. The zero-order valence-electron chi connectivity index (χ0n) is 12.2. The molecule has 2 aromatic rings. The molecule has 1 aliphatic heterocycles. The molecule has 112 valence electrons. The number of fused-ring (bicyclic) bond motifs is 1. The van der Waals surface area contributed by atoms with Crippen molar-refractivity contribution in [3.8, 4) is 0 Å². The third-order valence-electron chi connectivity index (χ3n) is 4.12. The zero-order chi connectivity index (χ0) is 15.0. The van der Waals surface area contributed by atoms with Crippen LogP contribution in [0.15, 0.2) is 18.2 Å². The van der Waals surface area contributed by atoms with Gasteiger partial charge in [-0.05, 0) is 31.0 Å². The van der Waals surface area contributed by atoms with Gasteiger partial charge in [0, 0.05) is 38.1 Å². The minimum atomic E-state index is 0.142. The molecule has 0 bridgehead atoms. The van der Waals surface area contributed by atoms with Crippen LogP contribution in [0.4, 0.5) is 5.13 Å². The summed E-state index contributed by atoms with van der Waals surface area (Å²) < 4.78 is 1.13. The smallest absolute Gasteiger partial charge is 0.219 e. The van der Waals surface area contributed by atoms with Crippen LogP contribution in [0, 0.1) is 0 Å². The number of carbonyl (C=O) groups excluding carboxylic acids is 1. The standard InChI is InChI=1S/C15H18ClN3OS/c1-10(20)18(2)12-5-7-19(8-6-12)15-17-13-4-3-11(16)9-14(13)21-15/h3-4,9,12H,5-8H2,1-2H3. The van der Waals surface area contributed by atoms with Crippen molar-refractivity contribution in [2.45, 2.75) is 25.8 Å². The summed E-state index contributed by atoms with van der Waals surface area (Å²) in [5.41, 5.74) is 1.00. The van der Waals surface area contributed by atoms with Crippen molar-refractivity contribution < 1.29 is 4.79 Å². The molecule has 6 heteroatoms. The van der Waals surface area contributed by atoms with Crippen molar-refractivity contribution in [2.24, 2.45) is 0 Å². The van der Waals surface area contributed by atoms with E-state index in [9.17, 15) is 4.79 Å². The van der Waals surface area contributed by atoms with Gasteiger partial charge in [-0.1, -0.05) is 22.9 Å². The maximum Gasteiger partial charge on any atom is 0.219 e. The molecule has 2 heterocycles. The highest BCUT2D eigenvalue weighted by molar-refractivity contribution is 7.22. The summed E-state index contributed by atoms with van der Waals surface area (Å²) >= 11 is 7.71. The van der Waals surface area contributed by atoms with E-state index in [0.717, 1.165) is 46.3 Å². The molecule has 1 saturated heterocycles. The van der Waals surface area contributed by atoms with Crippen LogP contribution in [0.5, 0.6) is 0 Å². The van der Waals surface area contributed by atoms with Crippen LogP contribution >= 0.6 is 22.9 Å². The lowest BCUT2D eigenvalue weighted by Crippen LogP contribution is -2.45. The average molecular weight is 324 g/mol. The predicted octanol–water partition coefficient (Wildman–Crippen LogP) is 3.40. The lowest BCUT2D eigenvalue weighted by molar-refractivity contribution is -0.129. The van der Waals surface area contributed by atoms with Crippen molar-refractivity contribution in [3.63, 3.8) is 0 Å². The number of hydrogen-bond donors (Lipinski definition) is 0. The second-order valence-electron chi connectivity index (χ2n) is 5.46. The van der Waals surface area contributed by atoms with Gasteiger partial charge in [0.05, 0.1) is 10.2 Å². The predicted molar refractivity (Wildman–Crippen MR) is 88.3 cm³/mol. The highest BCUT2D eigenvalue weighted by Gasteiger charge is 2.25. The molecule has 0 saturated carbocycles. The van der Waals surface area contributed by atoms with E-state index in [1.54, 1.807) is 18.3 Å². The number of amides is 1. The molecule has 0 radical (unpaired) electrons. The number of piperidine rings is 1. The summed E-state index contributed by atoms with van der Waals surface area (Å²) in [5.74, 6) is 0.142. The largest absolute Gasteiger partial charge is 0.348 e. The molecule has 1 aromatic heterocycles. The van der Waals surface area contributed by atoms with Gasteiger partial charge >= 0.3 is 0 Å². The molecule has 4 nitrogen and oxygen atoms in total. The zero-order valence-corrected chi connectivity index (χ0v) is 13.7. The number of thiazole rings is 1. The number of carbonyl (C=O) groups is 1. The van der Waals surface area contributed by atoms with Crippen molar-refractivity contribution in [3.05, 3.63) is 23.2 Å². The van der Waals surface area contributed by atoms with Gasteiger partial charge in [-0.25, -0.2) is 4.98 Å². The van der Waals surface area contributed by atoms with Gasteiger partial charge in [-0.15, -0.1) is 0 Å². The Balaban J connectivity index is 1.72. The van der Waals surface area contributed by atoms with Crippen LogP contribution in [0.3, 0.4) is 0 Å². The molecule has 1 fully saturated rings. The lowest BCUT2D eigenvalue weighted by Gasteiger charge is -2.36. The molecule has 21 heavy (non-hydrogen) atoms. The van der Waals surface area contributed by atoms with Crippen molar-refractivity contribution in [2.75, 3.05) is 25.0 Å². The minimum absolute atomic E-state index is 0.142. The normalized spacial score (nSPS) is 16.4. The fraction of sp³-hybridized carbons (Fsp3) is 0.467. The van der Waals surface area contributed by atoms with E-state index in [4.69, 9.17) is 11.6 Å². The van der Waals surface area contributed by atoms with E-state index in [1.165, 1.54) is 0 Å². The lowest BCUT2D eigenvalue weighted by atomic mass is 10.0. The third-order valence-corrected chi connectivity index (χ3v) is 5.43. The highest BCUT2D eigenvalue weighted by Crippen LogP contribution is 2.32. The number of anilines is 1. The maximum atomic E-state index is 11.4. The summed E-state index contributed by atoms with van der Waals surface area (Å²) in [4.78, 5) is 20.3. The molecule has 1 aromatic carbocycles. The SMILES string of the molecule is CC(=O)N(C)C1CCN(c2nc3ccc(Cl)cc3s2)CC1. The Morgan fingerprint density at radius 3 is 2.81 bits per heavy atom. The Morgan fingerprint density at radius 2 is 2.14 bits per heavy atom. The molecule has 0 unspecified atom stereocenters. The van der Waals surface area contributed by atoms with Gasteiger partial charge in [0.2, 0.25) is 5.91 Å². The fourth-order valence-corrected chi connectivity index (χ4v) is 4.02. The van der Waals surface area contributed by atoms with Crippen LogP contribution in [-0.2, 0) is 4.79 Å². The first-order valence-electron chi connectivity index (χ1n) is 7.09. The topological polar surface area (TPSA) is 36.4 Å². The summed E-state index contributed by atoms with van der Waals surface area (Å²) in [6.07, 6.45) is 1.99. The van der Waals surface area contributed by atoms with Crippen LogP contribution in [-0.4, -0.2) is 42.0 Å². The molecule has 1 amide bonds. The molecule has 0 atom stereocenters. The molecule has 0 aliphatic carbocycles. The quantitative estimate of drug-likeness (QED) is 0.850. The van der Waals surface area contributed by atoms with E-state index in [0.29, 0.717) is 6.04 Å². The number of halogens is 1. The van der Waals surface area contributed by atoms with E-state index >= 15 is 0 Å². The van der Waals surface area contributed by atoms with Crippen LogP contribution in [0.25, 0.3) is 10.2 Å². The molecule has 0 N–H and O–H groups in total. The monoisotopic (exact) mass is 323 g/mol. The van der Waals surface area contributed by atoms with Crippen LogP contribution in [0.1, 0.15) is 19.8 Å². The Labute approximate surface area is 133 Å². The Morgan fingerprint density at radius 1 is 1.43 bits per heavy atom. The first-order chi connectivity index (χ1) is 10.0.